The van der Waals surface area contributed by atoms with Gasteiger partial charge in [0.25, 0.3) is 5.56 Å². The molecule has 0 spiro atoms. The van der Waals surface area contributed by atoms with Gasteiger partial charge in [-0.05, 0) is 75.4 Å². The van der Waals surface area contributed by atoms with E-state index in [0.717, 1.165) is 31.6 Å². The maximum atomic E-state index is 15.0. The highest BCUT2D eigenvalue weighted by Gasteiger charge is 2.14. The standard InChI is InChI=1S/C30H42FN5O/c1-7-35(8-2)17-9-16-32-28-21-27-25(20-26(28)31)30(37)36(19-18-34(5)6)29(33-27)15-12-23-10-13-24(14-11-23)22(3)4/h10-15,20-22,32H,7-9,16-19H2,1-6H3/b15-12+. The second kappa shape index (κ2) is 13.5. The van der Waals surface area contributed by atoms with Crippen molar-refractivity contribution in [2.45, 2.75) is 46.6 Å². The van der Waals surface area contributed by atoms with E-state index in [1.807, 2.05) is 31.1 Å². The van der Waals surface area contributed by atoms with Gasteiger partial charge in [-0.2, -0.15) is 0 Å². The fourth-order valence-electron chi connectivity index (χ4n) is 4.27. The fraction of sp³-hybridized carbons (Fsp3) is 0.467. The predicted octanol–water partition coefficient (Wildman–Crippen LogP) is 5.53. The summed E-state index contributed by atoms with van der Waals surface area (Å²) in [6.07, 6.45) is 4.75. The zero-order valence-corrected chi connectivity index (χ0v) is 23.2. The van der Waals surface area contributed by atoms with Crippen molar-refractivity contribution in [3.63, 3.8) is 0 Å². The van der Waals surface area contributed by atoms with Crippen LogP contribution in [0.2, 0.25) is 0 Å². The molecule has 0 amide bonds. The molecule has 0 bridgehead atoms. The van der Waals surface area contributed by atoms with Crippen LogP contribution in [0.4, 0.5) is 10.1 Å². The van der Waals surface area contributed by atoms with Crippen LogP contribution in [0, 0.1) is 5.82 Å². The van der Waals surface area contributed by atoms with Gasteiger partial charge in [-0.15, -0.1) is 0 Å². The van der Waals surface area contributed by atoms with Gasteiger partial charge in [-0.3, -0.25) is 9.36 Å². The average Bonchev–Trinajstić information content (AvgIpc) is 2.88. The summed E-state index contributed by atoms with van der Waals surface area (Å²) in [4.78, 5) is 22.6. The van der Waals surface area contributed by atoms with Crippen molar-refractivity contribution >= 4 is 28.7 Å². The molecule has 3 aromatic rings. The number of hydrogen-bond donors (Lipinski definition) is 1. The van der Waals surface area contributed by atoms with Gasteiger partial charge in [-0.1, -0.05) is 58.0 Å². The number of nitrogens with one attached hydrogen (secondary N) is 1. The van der Waals surface area contributed by atoms with Crippen LogP contribution in [0.5, 0.6) is 0 Å². The molecule has 0 fully saturated rings. The van der Waals surface area contributed by atoms with E-state index in [1.165, 1.54) is 11.6 Å². The minimum absolute atomic E-state index is 0.228. The molecule has 1 aromatic heterocycles. The number of nitrogens with zero attached hydrogens (tertiary/aromatic N) is 4. The second-order valence-electron chi connectivity index (χ2n) is 10.0. The lowest BCUT2D eigenvalue weighted by Crippen LogP contribution is -2.29. The number of hydrogen-bond acceptors (Lipinski definition) is 5. The number of halogens is 1. The Morgan fingerprint density at radius 1 is 1.05 bits per heavy atom. The lowest BCUT2D eigenvalue weighted by Gasteiger charge is -2.18. The van der Waals surface area contributed by atoms with Gasteiger partial charge in [0.05, 0.1) is 16.6 Å². The van der Waals surface area contributed by atoms with Gasteiger partial charge >= 0.3 is 0 Å². The van der Waals surface area contributed by atoms with Gasteiger partial charge in [0.1, 0.15) is 11.6 Å². The topological polar surface area (TPSA) is 53.4 Å². The lowest BCUT2D eigenvalue weighted by molar-refractivity contribution is 0.303. The number of anilines is 1. The summed E-state index contributed by atoms with van der Waals surface area (Å²) in [6.45, 7) is 13.4. The van der Waals surface area contributed by atoms with Gasteiger partial charge in [-0.25, -0.2) is 9.37 Å². The van der Waals surface area contributed by atoms with Gasteiger partial charge in [0, 0.05) is 19.6 Å². The molecule has 0 aliphatic rings. The minimum Gasteiger partial charge on any atom is -0.383 e. The van der Waals surface area contributed by atoms with E-state index >= 15 is 0 Å². The summed E-state index contributed by atoms with van der Waals surface area (Å²) in [7, 11) is 3.92. The molecule has 3 rings (SSSR count). The zero-order valence-electron chi connectivity index (χ0n) is 23.2. The van der Waals surface area contributed by atoms with Crippen LogP contribution in [0.3, 0.4) is 0 Å². The summed E-state index contributed by atoms with van der Waals surface area (Å²) in [5, 5.41) is 3.49. The molecule has 0 atom stereocenters. The molecule has 37 heavy (non-hydrogen) atoms. The van der Waals surface area contributed by atoms with E-state index < -0.39 is 5.82 Å². The molecule has 0 aliphatic carbocycles. The third kappa shape index (κ3) is 7.73. The summed E-state index contributed by atoms with van der Waals surface area (Å²) < 4.78 is 16.6. The van der Waals surface area contributed by atoms with Crippen molar-refractivity contribution in [2.75, 3.05) is 52.1 Å². The molecular formula is C30H42FN5O. The van der Waals surface area contributed by atoms with Crippen LogP contribution >= 0.6 is 0 Å². The number of aromatic nitrogens is 2. The monoisotopic (exact) mass is 507 g/mol. The summed E-state index contributed by atoms with van der Waals surface area (Å²) in [5.74, 6) is 0.602. The largest absolute Gasteiger partial charge is 0.383 e. The van der Waals surface area contributed by atoms with Gasteiger partial charge in [0.2, 0.25) is 0 Å². The minimum atomic E-state index is -0.429. The second-order valence-corrected chi connectivity index (χ2v) is 10.0. The zero-order chi connectivity index (χ0) is 26.9. The SMILES string of the molecule is CCN(CC)CCCNc1cc2nc(/C=C/c3ccc(C(C)C)cc3)n(CCN(C)C)c(=O)c2cc1F. The number of fused-ring (bicyclic) bond motifs is 1. The van der Waals surface area contributed by atoms with Gasteiger partial charge < -0.3 is 15.1 Å². The Morgan fingerprint density at radius 2 is 1.76 bits per heavy atom. The van der Waals surface area contributed by atoms with Crippen LogP contribution in [0.1, 0.15) is 57.0 Å². The Bertz CT molecular complexity index is 1240. The van der Waals surface area contributed by atoms with E-state index in [1.54, 1.807) is 10.6 Å². The first-order chi connectivity index (χ1) is 17.7. The highest BCUT2D eigenvalue weighted by Crippen LogP contribution is 2.21. The van der Waals surface area contributed by atoms with Crippen molar-refractivity contribution < 1.29 is 4.39 Å². The molecule has 2 aromatic carbocycles. The van der Waals surface area contributed by atoms with Gasteiger partial charge in [0.15, 0.2) is 0 Å². The molecule has 0 unspecified atom stereocenters. The summed E-state index contributed by atoms with van der Waals surface area (Å²) >= 11 is 0. The molecule has 0 saturated carbocycles. The Balaban J connectivity index is 1.93. The van der Waals surface area contributed by atoms with Crippen molar-refractivity contribution in [2.24, 2.45) is 0 Å². The number of likely N-dealkylation sites (N-methyl/N-ethyl adjacent to an activating group) is 1. The Hall–Kier alpha value is -3.03. The van der Waals surface area contributed by atoms with Crippen molar-refractivity contribution in [1.29, 1.82) is 0 Å². The molecular weight excluding hydrogens is 465 g/mol. The van der Waals surface area contributed by atoms with Crippen molar-refractivity contribution in [3.8, 4) is 0 Å². The van der Waals surface area contributed by atoms with E-state index in [9.17, 15) is 9.18 Å². The first-order valence-corrected chi connectivity index (χ1v) is 13.4. The Morgan fingerprint density at radius 3 is 2.38 bits per heavy atom. The van der Waals surface area contributed by atoms with E-state index in [4.69, 9.17) is 4.98 Å². The number of rotatable bonds is 13. The van der Waals surface area contributed by atoms with Crippen LogP contribution in [0.25, 0.3) is 23.1 Å². The van der Waals surface area contributed by atoms with Crippen LogP contribution < -0.4 is 10.9 Å². The van der Waals surface area contributed by atoms with Crippen molar-refractivity contribution in [1.82, 2.24) is 19.4 Å². The number of benzene rings is 2. The van der Waals surface area contributed by atoms with Crippen LogP contribution in [-0.4, -0.2) is 66.2 Å². The smallest absolute Gasteiger partial charge is 0.261 e. The van der Waals surface area contributed by atoms with E-state index in [-0.39, 0.29) is 5.56 Å². The summed E-state index contributed by atoms with van der Waals surface area (Å²) in [5.41, 5.74) is 2.96. The van der Waals surface area contributed by atoms with E-state index in [0.29, 0.717) is 48.0 Å². The van der Waals surface area contributed by atoms with Crippen LogP contribution in [0.15, 0.2) is 41.2 Å². The third-order valence-electron chi connectivity index (χ3n) is 6.73. The van der Waals surface area contributed by atoms with E-state index in [2.05, 4.69) is 62.2 Å². The molecule has 7 heteroatoms. The van der Waals surface area contributed by atoms with Crippen molar-refractivity contribution in [3.05, 3.63) is 69.5 Å². The Labute approximate surface area is 220 Å². The molecule has 200 valence electrons. The lowest BCUT2D eigenvalue weighted by atomic mass is 10.0. The third-order valence-corrected chi connectivity index (χ3v) is 6.73. The average molecular weight is 508 g/mol. The summed E-state index contributed by atoms with van der Waals surface area (Å²) in [6, 6.07) is 11.4. The fourth-order valence-corrected chi connectivity index (χ4v) is 4.27. The highest BCUT2D eigenvalue weighted by atomic mass is 19.1. The van der Waals surface area contributed by atoms with Crippen LogP contribution in [-0.2, 0) is 6.54 Å². The molecule has 1 N–H and O–H groups in total. The normalized spacial score (nSPS) is 12.1. The first kappa shape index (κ1) is 28.5. The molecule has 6 nitrogen and oxygen atoms in total. The molecule has 0 saturated heterocycles. The predicted molar refractivity (Wildman–Crippen MR) is 155 cm³/mol. The molecule has 1 heterocycles. The Kier molecular flexibility index (Phi) is 10.4. The highest BCUT2D eigenvalue weighted by molar-refractivity contribution is 5.83. The molecule has 0 radical (unpaired) electrons. The quantitative estimate of drug-likeness (QED) is 0.308. The maximum Gasteiger partial charge on any atom is 0.261 e. The molecule has 0 aliphatic heterocycles. The maximum absolute atomic E-state index is 15.0. The first-order valence-electron chi connectivity index (χ1n) is 13.4.